The van der Waals surface area contributed by atoms with Crippen molar-refractivity contribution in [3.8, 4) is 0 Å². The van der Waals surface area contributed by atoms with Crippen molar-refractivity contribution in [2.24, 2.45) is 4.99 Å². The summed E-state index contributed by atoms with van der Waals surface area (Å²) in [6, 6.07) is 2.31. The van der Waals surface area contributed by atoms with Gasteiger partial charge in [0.2, 0.25) is 0 Å². The Labute approximate surface area is 95.2 Å². The standard InChI is InChI=1S/C13H17F2N/c1-3-5-8-16-9-11-10(4-2)12(14)6-7-13(11)15/h6-7,9H,3-5,8H2,1-2H3. The van der Waals surface area contributed by atoms with Gasteiger partial charge in [0.1, 0.15) is 11.6 Å². The van der Waals surface area contributed by atoms with E-state index in [-0.39, 0.29) is 5.82 Å². The highest BCUT2D eigenvalue weighted by atomic mass is 19.1. The molecule has 0 atom stereocenters. The van der Waals surface area contributed by atoms with Gasteiger partial charge in [0.05, 0.1) is 0 Å². The summed E-state index contributed by atoms with van der Waals surface area (Å²) in [6.45, 7) is 4.53. The lowest BCUT2D eigenvalue weighted by molar-refractivity contribution is 0.585. The molecular weight excluding hydrogens is 208 g/mol. The monoisotopic (exact) mass is 225 g/mol. The molecule has 0 amide bonds. The zero-order chi connectivity index (χ0) is 12.0. The molecule has 0 fully saturated rings. The van der Waals surface area contributed by atoms with Gasteiger partial charge in [-0.1, -0.05) is 20.3 Å². The molecule has 1 aromatic carbocycles. The maximum Gasteiger partial charge on any atom is 0.132 e. The Bertz CT molecular complexity index is 372. The molecule has 16 heavy (non-hydrogen) atoms. The highest BCUT2D eigenvalue weighted by Crippen LogP contribution is 2.16. The van der Waals surface area contributed by atoms with Crippen LogP contribution in [0.5, 0.6) is 0 Å². The molecular formula is C13H17F2N. The van der Waals surface area contributed by atoms with E-state index in [2.05, 4.69) is 11.9 Å². The van der Waals surface area contributed by atoms with E-state index in [0.717, 1.165) is 25.0 Å². The molecule has 3 heteroatoms. The van der Waals surface area contributed by atoms with Crippen molar-refractivity contribution in [1.82, 2.24) is 0 Å². The van der Waals surface area contributed by atoms with E-state index in [0.29, 0.717) is 24.1 Å². The van der Waals surface area contributed by atoms with Gasteiger partial charge in [-0.3, -0.25) is 4.99 Å². The number of benzene rings is 1. The van der Waals surface area contributed by atoms with Crippen LogP contribution >= 0.6 is 0 Å². The molecule has 0 saturated carbocycles. The first-order valence-electron chi connectivity index (χ1n) is 5.67. The SMILES string of the molecule is CCCCN=Cc1c(F)ccc(F)c1CC. The summed E-state index contributed by atoms with van der Waals surface area (Å²) in [5.74, 6) is -0.765. The molecule has 0 bridgehead atoms. The van der Waals surface area contributed by atoms with Gasteiger partial charge in [-0.05, 0) is 30.5 Å². The van der Waals surface area contributed by atoms with Crippen LogP contribution in [-0.2, 0) is 6.42 Å². The van der Waals surface area contributed by atoms with Crippen molar-refractivity contribution in [3.63, 3.8) is 0 Å². The van der Waals surface area contributed by atoms with E-state index in [1.807, 2.05) is 0 Å². The van der Waals surface area contributed by atoms with E-state index in [9.17, 15) is 8.78 Å². The third-order valence-corrected chi connectivity index (χ3v) is 2.46. The van der Waals surface area contributed by atoms with Gasteiger partial charge in [-0.25, -0.2) is 8.78 Å². The third kappa shape index (κ3) is 3.12. The predicted molar refractivity (Wildman–Crippen MR) is 63.1 cm³/mol. The number of hydrogen-bond acceptors (Lipinski definition) is 1. The molecule has 0 aliphatic heterocycles. The first kappa shape index (κ1) is 12.8. The van der Waals surface area contributed by atoms with Gasteiger partial charge >= 0.3 is 0 Å². The van der Waals surface area contributed by atoms with E-state index >= 15 is 0 Å². The molecule has 0 N–H and O–H groups in total. The fourth-order valence-electron chi connectivity index (χ4n) is 1.51. The largest absolute Gasteiger partial charge is 0.292 e. The second-order valence-electron chi connectivity index (χ2n) is 3.66. The van der Waals surface area contributed by atoms with Crippen LogP contribution in [0.15, 0.2) is 17.1 Å². The molecule has 0 spiro atoms. The smallest absolute Gasteiger partial charge is 0.132 e. The molecule has 0 saturated heterocycles. The zero-order valence-electron chi connectivity index (χ0n) is 9.76. The van der Waals surface area contributed by atoms with Gasteiger partial charge in [-0.15, -0.1) is 0 Å². The van der Waals surface area contributed by atoms with E-state index in [1.165, 1.54) is 6.21 Å². The summed E-state index contributed by atoms with van der Waals surface area (Å²) in [4.78, 5) is 4.11. The summed E-state index contributed by atoms with van der Waals surface area (Å²) in [5, 5.41) is 0. The van der Waals surface area contributed by atoms with Gasteiger partial charge in [-0.2, -0.15) is 0 Å². The summed E-state index contributed by atoms with van der Waals surface area (Å²) < 4.78 is 26.8. The predicted octanol–water partition coefficient (Wildman–Crippen LogP) is 3.75. The summed E-state index contributed by atoms with van der Waals surface area (Å²) in [5.41, 5.74) is 0.693. The van der Waals surface area contributed by atoms with Crippen LogP contribution in [0.25, 0.3) is 0 Å². The summed E-state index contributed by atoms with van der Waals surface area (Å²) >= 11 is 0. The average Bonchev–Trinajstić information content (AvgIpc) is 2.29. The molecule has 0 aliphatic carbocycles. The van der Waals surface area contributed by atoms with Gasteiger partial charge in [0, 0.05) is 18.3 Å². The fourth-order valence-corrected chi connectivity index (χ4v) is 1.51. The molecule has 1 rings (SSSR count). The second kappa shape index (κ2) is 6.36. The van der Waals surface area contributed by atoms with Crippen molar-refractivity contribution in [3.05, 3.63) is 34.9 Å². The van der Waals surface area contributed by atoms with Crippen molar-refractivity contribution in [2.75, 3.05) is 6.54 Å². The Morgan fingerprint density at radius 3 is 2.50 bits per heavy atom. The number of aliphatic imine (C=N–C) groups is 1. The van der Waals surface area contributed by atoms with E-state index in [4.69, 9.17) is 0 Å². The Morgan fingerprint density at radius 2 is 1.88 bits per heavy atom. The zero-order valence-corrected chi connectivity index (χ0v) is 9.76. The molecule has 1 nitrogen and oxygen atoms in total. The van der Waals surface area contributed by atoms with Gasteiger partial charge in [0.15, 0.2) is 0 Å². The lowest BCUT2D eigenvalue weighted by atomic mass is 10.0. The van der Waals surface area contributed by atoms with Crippen LogP contribution in [0.4, 0.5) is 8.78 Å². The van der Waals surface area contributed by atoms with Crippen molar-refractivity contribution >= 4 is 6.21 Å². The second-order valence-corrected chi connectivity index (χ2v) is 3.66. The van der Waals surface area contributed by atoms with E-state index in [1.54, 1.807) is 6.92 Å². The van der Waals surface area contributed by atoms with Crippen LogP contribution < -0.4 is 0 Å². The Balaban J connectivity index is 2.93. The number of halogens is 2. The lowest BCUT2D eigenvalue weighted by Crippen LogP contribution is -2.00. The minimum Gasteiger partial charge on any atom is -0.292 e. The van der Waals surface area contributed by atoms with Crippen LogP contribution in [-0.4, -0.2) is 12.8 Å². The maximum absolute atomic E-state index is 13.5. The van der Waals surface area contributed by atoms with Crippen LogP contribution in [0.2, 0.25) is 0 Å². The first-order valence-corrected chi connectivity index (χ1v) is 5.67. The first-order chi connectivity index (χ1) is 7.70. The minimum atomic E-state index is -0.404. The number of hydrogen-bond donors (Lipinski definition) is 0. The normalized spacial score (nSPS) is 11.2. The molecule has 1 aromatic rings. The minimum absolute atomic E-state index is 0.290. The lowest BCUT2D eigenvalue weighted by Gasteiger charge is -2.05. The Hall–Kier alpha value is -1.25. The summed E-state index contributed by atoms with van der Waals surface area (Å²) in [7, 11) is 0. The van der Waals surface area contributed by atoms with Crippen LogP contribution in [0.1, 0.15) is 37.8 Å². The highest BCUT2D eigenvalue weighted by Gasteiger charge is 2.09. The number of unbranched alkanes of at least 4 members (excludes halogenated alkanes) is 1. The number of rotatable bonds is 5. The fraction of sp³-hybridized carbons (Fsp3) is 0.462. The van der Waals surface area contributed by atoms with Crippen LogP contribution in [0, 0.1) is 11.6 Å². The molecule has 0 heterocycles. The molecule has 0 unspecified atom stereocenters. The average molecular weight is 225 g/mol. The maximum atomic E-state index is 13.5. The Kier molecular flexibility index (Phi) is 5.09. The molecule has 0 aromatic heterocycles. The van der Waals surface area contributed by atoms with Gasteiger partial charge in [0.25, 0.3) is 0 Å². The molecule has 0 radical (unpaired) electrons. The number of nitrogens with zero attached hydrogens (tertiary/aromatic N) is 1. The quantitative estimate of drug-likeness (QED) is 0.534. The Morgan fingerprint density at radius 1 is 1.19 bits per heavy atom. The highest BCUT2D eigenvalue weighted by molar-refractivity contribution is 5.82. The van der Waals surface area contributed by atoms with E-state index < -0.39 is 5.82 Å². The molecule has 88 valence electrons. The molecule has 0 aliphatic rings. The van der Waals surface area contributed by atoms with Crippen molar-refractivity contribution in [2.45, 2.75) is 33.1 Å². The third-order valence-electron chi connectivity index (χ3n) is 2.46. The van der Waals surface area contributed by atoms with Gasteiger partial charge < -0.3 is 0 Å². The summed E-state index contributed by atoms with van der Waals surface area (Å²) in [6.07, 6.45) is 3.93. The van der Waals surface area contributed by atoms with Crippen molar-refractivity contribution in [1.29, 1.82) is 0 Å². The van der Waals surface area contributed by atoms with Crippen molar-refractivity contribution < 1.29 is 8.78 Å². The van der Waals surface area contributed by atoms with Crippen LogP contribution in [0.3, 0.4) is 0 Å². The topological polar surface area (TPSA) is 12.4 Å².